The molecular formula is C9H18N4O. The Morgan fingerprint density at radius 3 is 2.71 bits per heavy atom. The lowest BCUT2D eigenvalue weighted by Crippen LogP contribution is -2.22. The first-order valence-electron chi connectivity index (χ1n) is 4.78. The fourth-order valence-electron chi connectivity index (χ4n) is 1.28. The van der Waals surface area contributed by atoms with Crippen LogP contribution in [0.1, 0.15) is 13.8 Å². The van der Waals surface area contributed by atoms with Crippen molar-refractivity contribution in [2.45, 2.75) is 20.4 Å². The summed E-state index contributed by atoms with van der Waals surface area (Å²) < 4.78 is 5.14. The molecule has 1 heterocycles. The first-order chi connectivity index (χ1) is 6.63. The molecule has 0 aromatic carbocycles. The number of ether oxygens (including phenoxy) is 1. The topological polar surface area (TPSA) is 66.0 Å². The number of nitrogens with zero attached hydrogens (tertiary/aromatic N) is 3. The van der Waals surface area contributed by atoms with Gasteiger partial charge in [-0.3, -0.25) is 0 Å². The molecule has 0 aliphatic heterocycles. The van der Waals surface area contributed by atoms with Gasteiger partial charge in [0.1, 0.15) is 0 Å². The molecule has 0 aliphatic carbocycles. The Kier molecular flexibility index (Phi) is 3.88. The maximum atomic E-state index is 5.48. The highest BCUT2D eigenvalue weighted by Gasteiger charge is 2.14. The zero-order valence-electron chi connectivity index (χ0n) is 8.97. The molecule has 80 valence electrons. The number of rotatable bonds is 5. The molecule has 0 aliphatic rings. The summed E-state index contributed by atoms with van der Waals surface area (Å²) in [5, 5.41) is 8.09. The maximum Gasteiger partial charge on any atom is 0.165 e. The van der Waals surface area contributed by atoms with E-state index < -0.39 is 0 Å². The van der Waals surface area contributed by atoms with Crippen molar-refractivity contribution in [3.8, 4) is 0 Å². The SMILES string of the molecule is COCC(Cn1ncc(N)n1)C(C)C. The highest BCUT2D eigenvalue weighted by molar-refractivity contribution is 5.19. The Morgan fingerprint density at radius 2 is 2.29 bits per heavy atom. The van der Waals surface area contributed by atoms with E-state index in [1.807, 2.05) is 0 Å². The van der Waals surface area contributed by atoms with Gasteiger partial charge in [0.2, 0.25) is 0 Å². The predicted octanol–water partition coefficient (Wildman–Crippen LogP) is 0.779. The van der Waals surface area contributed by atoms with E-state index in [9.17, 15) is 0 Å². The van der Waals surface area contributed by atoms with Gasteiger partial charge in [-0.15, -0.1) is 5.10 Å². The normalized spacial score (nSPS) is 13.4. The van der Waals surface area contributed by atoms with Crippen LogP contribution in [0.2, 0.25) is 0 Å². The molecule has 1 aromatic heterocycles. The minimum atomic E-state index is 0.423. The highest BCUT2D eigenvalue weighted by atomic mass is 16.5. The molecule has 0 fully saturated rings. The second-order valence-corrected chi connectivity index (χ2v) is 3.78. The lowest BCUT2D eigenvalue weighted by atomic mass is 9.97. The van der Waals surface area contributed by atoms with Gasteiger partial charge in [-0.05, 0) is 5.92 Å². The van der Waals surface area contributed by atoms with Crippen LogP contribution in [0.4, 0.5) is 5.82 Å². The van der Waals surface area contributed by atoms with Gasteiger partial charge in [0.05, 0.1) is 19.3 Å². The molecule has 1 rings (SSSR count). The van der Waals surface area contributed by atoms with E-state index in [1.165, 1.54) is 0 Å². The van der Waals surface area contributed by atoms with E-state index in [0.29, 0.717) is 17.7 Å². The minimum absolute atomic E-state index is 0.423. The van der Waals surface area contributed by atoms with Crippen molar-refractivity contribution in [3.63, 3.8) is 0 Å². The lowest BCUT2D eigenvalue weighted by molar-refractivity contribution is 0.113. The number of nitrogens with two attached hydrogens (primary N) is 1. The van der Waals surface area contributed by atoms with E-state index in [1.54, 1.807) is 18.1 Å². The van der Waals surface area contributed by atoms with Crippen LogP contribution in [0.15, 0.2) is 6.20 Å². The highest BCUT2D eigenvalue weighted by Crippen LogP contribution is 2.13. The molecule has 14 heavy (non-hydrogen) atoms. The van der Waals surface area contributed by atoms with Crippen LogP contribution >= 0.6 is 0 Å². The largest absolute Gasteiger partial charge is 0.384 e. The number of methoxy groups -OCH3 is 1. The molecular weight excluding hydrogens is 180 g/mol. The maximum absolute atomic E-state index is 5.48. The van der Waals surface area contributed by atoms with Crippen LogP contribution in [-0.2, 0) is 11.3 Å². The smallest absolute Gasteiger partial charge is 0.165 e. The second kappa shape index (κ2) is 4.95. The average Bonchev–Trinajstić information content (AvgIpc) is 2.50. The summed E-state index contributed by atoms with van der Waals surface area (Å²) in [6, 6.07) is 0. The summed E-state index contributed by atoms with van der Waals surface area (Å²) >= 11 is 0. The Hall–Kier alpha value is -1.10. The summed E-state index contributed by atoms with van der Waals surface area (Å²) in [7, 11) is 1.71. The average molecular weight is 198 g/mol. The van der Waals surface area contributed by atoms with Crippen molar-refractivity contribution in [1.82, 2.24) is 15.0 Å². The third kappa shape index (κ3) is 2.99. The third-order valence-corrected chi connectivity index (χ3v) is 2.28. The zero-order valence-corrected chi connectivity index (χ0v) is 8.97. The third-order valence-electron chi connectivity index (χ3n) is 2.28. The summed E-state index contributed by atoms with van der Waals surface area (Å²) in [6.07, 6.45) is 1.56. The Balaban J connectivity index is 2.55. The molecule has 0 amide bonds. The van der Waals surface area contributed by atoms with Crippen LogP contribution in [0.25, 0.3) is 0 Å². The van der Waals surface area contributed by atoms with Crippen molar-refractivity contribution in [1.29, 1.82) is 0 Å². The van der Waals surface area contributed by atoms with E-state index in [4.69, 9.17) is 10.5 Å². The standard InChI is InChI=1S/C9H18N4O/c1-7(2)8(6-14-3)5-13-11-4-9(10)12-13/h4,7-8H,5-6H2,1-3H3,(H2,10,12). The van der Waals surface area contributed by atoms with Crippen LogP contribution in [0.3, 0.4) is 0 Å². The fraction of sp³-hybridized carbons (Fsp3) is 0.778. The van der Waals surface area contributed by atoms with Crippen molar-refractivity contribution < 1.29 is 4.74 Å². The van der Waals surface area contributed by atoms with E-state index >= 15 is 0 Å². The first kappa shape index (κ1) is 11.0. The number of hydrogen-bond acceptors (Lipinski definition) is 4. The molecule has 2 N–H and O–H groups in total. The van der Waals surface area contributed by atoms with Crippen LogP contribution in [-0.4, -0.2) is 28.7 Å². The van der Waals surface area contributed by atoms with E-state index in [0.717, 1.165) is 13.2 Å². The monoisotopic (exact) mass is 198 g/mol. The van der Waals surface area contributed by atoms with Crippen molar-refractivity contribution >= 4 is 5.82 Å². The van der Waals surface area contributed by atoms with E-state index in [2.05, 4.69) is 24.0 Å². The molecule has 5 nitrogen and oxygen atoms in total. The van der Waals surface area contributed by atoms with Crippen molar-refractivity contribution in [3.05, 3.63) is 6.20 Å². The molecule has 1 aromatic rings. The van der Waals surface area contributed by atoms with Gasteiger partial charge in [-0.2, -0.15) is 9.90 Å². The van der Waals surface area contributed by atoms with Gasteiger partial charge in [0.15, 0.2) is 5.82 Å². The quantitative estimate of drug-likeness (QED) is 0.759. The summed E-state index contributed by atoms with van der Waals surface area (Å²) in [5.41, 5.74) is 5.48. The molecule has 1 unspecified atom stereocenters. The van der Waals surface area contributed by atoms with Crippen LogP contribution < -0.4 is 5.73 Å². The fourth-order valence-corrected chi connectivity index (χ4v) is 1.28. The molecule has 0 saturated heterocycles. The zero-order chi connectivity index (χ0) is 10.6. The minimum Gasteiger partial charge on any atom is -0.384 e. The summed E-state index contributed by atoms with van der Waals surface area (Å²) in [6.45, 7) is 5.80. The van der Waals surface area contributed by atoms with Crippen LogP contribution in [0, 0.1) is 11.8 Å². The van der Waals surface area contributed by atoms with E-state index in [-0.39, 0.29) is 0 Å². The first-order valence-corrected chi connectivity index (χ1v) is 4.78. The summed E-state index contributed by atoms with van der Waals surface area (Å²) in [4.78, 5) is 1.62. The number of hydrogen-bond donors (Lipinski definition) is 1. The molecule has 0 radical (unpaired) electrons. The molecule has 0 saturated carbocycles. The lowest BCUT2D eigenvalue weighted by Gasteiger charge is -2.18. The van der Waals surface area contributed by atoms with Gasteiger partial charge >= 0.3 is 0 Å². The Morgan fingerprint density at radius 1 is 1.57 bits per heavy atom. The van der Waals surface area contributed by atoms with Gasteiger partial charge in [0.25, 0.3) is 0 Å². The van der Waals surface area contributed by atoms with Crippen molar-refractivity contribution in [2.75, 3.05) is 19.5 Å². The molecule has 5 heteroatoms. The number of anilines is 1. The predicted molar refractivity (Wildman–Crippen MR) is 54.6 cm³/mol. The molecule has 1 atom stereocenters. The number of aromatic nitrogens is 3. The van der Waals surface area contributed by atoms with Gasteiger partial charge in [-0.1, -0.05) is 13.8 Å². The number of nitrogen functional groups attached to an aromatic ring is 1. The van der Waals surface area contributed by atoms with Gasteiger partial charge in [-0.25, -0.2) is 0 Å². The van der Waals surface area contributed by atoms with Gasteiger partial charge < -0.3 is 10.5 Å². The summed E-state index contributed by atoms with van der Waals surface area (Å²) in [5.74, 6) is 1.43. The second-order valence-electron chi connectivity index (χ2n) is 3.78. The molecule has 0 bridgehead atoms. The van der Waals surface area contributed by atoms with Crippen molar-refractivity contribution in [2.24, 2.45) is 11.8 Å². The van der Waals surface area contributed by atoms with Gasteiger partial charge in [0, 0.05) is 13.0 Å². The Bertz CT molecular complexity index is 272. The molecule has 0 spiro atoms. The van der Waals surface area contributed by atoms with Crippen LogP contribution in [0.5, 0.6) is 0 Å². The Labute approximate surface area is 84.2 Å².